The van der Waals surface area contributed by atoms with Crippen LogP contribution in [-0.4, -0.2) is 29.3 Å². The Morgan fingerprint density at radius 1 is 1.53 bits per heavy atom. The van der Waals surface area contributed by atoms with Crippen molar-refractivity contribution in [2.24, 2.45) is 0 Å². The lowest BCUT2D eigenvalue weighted by Gasteiger charge is -2.30. The van der Waals surface area contributed by atoms with Gasteiger partial charge in [-0.3, -0.25) is 0 Å². The van der Waals surface area contributed by atoms with E-state index < -0.39 is 8.07 Å². The molecule has 0 spiro atoms. The van der Waals surface area contributed by atoms with Crippen LogP contribution < -0.4 is 0 Å². The van der Waals surface area contributed by atoms with Crippen LogP contribution in [0.25, 0.3) is 0 Å². The summed E-state index contributed by atoms with van der Waals surface area (Å²) in [7, 11) is -1.47. The first-order valence-corrected chi connectivity index (χ1v) is 8.82. The van der Waals surface area contributed by atoms with Crippen LogP contribution in [0.3, 0.4) is 0 Å². The number of rotatable bonds is 5. The van der Waals surface area contributed by atoms with Crippen molar-refractivity contribution in [2.45, 2.75) is 39.0 Å². The first-order chi connectivity index (χ1) is 7.00. The number of imidazole rings is 1. The van der Waals surface area contributed by atoms with E-state index in [0.717, 1.165) is 0 Å². The van der Waals surface area contributed by atoms with Crippen molar-refractivity contribution in [3.05, 3.63) is 18.2 Å². The molecule has 86 valence electrons. The molecule has 0 saturated carbocycles. The lowest BCUT2D eigenvalue weighted by molar-refractivity contribution is 0.0587. The normalized spacial score (nSPS) is 14.2. The smallest absolute Gasteiger partial charge is 0.136 e. The molecule has 1 atom stereocenters. The third kappa shape index (κ3) is 2.90. The van der Waals surface area contributed by atoms with Gasteiger partial charge in [0.25, 0.3) is 0 Å². The van der Waals surface area contributed by atoms with Gasteiger partial charge in [0.2, 0.25) is 0 Å². The molecule has 0 saturated heterocycles. The Hall–Kier alpha value is -0.653. The molecule has 15 heavy (non-hydrogen) atoms. The van der Waals surface area contributed by atoms with Crippen LogP contribution in [0.4, 0.5) is 0 Å². The number of nitrogens with zero attached hydrogens (tertiary/aromatic N) is 2. The molecule has 1 aromatic rings. The molecule has 0 aliphatic heterocycles. The van der Waals surface area contributed by atoms with Crippen LogP contribution in [0.15, 0.2) is 12.4 Å². The lowest BCUT2D eigenvalue weighted by atomic mass is 10.6. The summed E-state index contributed by atoms with van der Waals surface area (Å²) < 4.78 is 7.72. The average molecular weight is 228 g/mol. The topological polar surface area (TPSA) is 47.3 Å². The maximum absolute atomic E-state index is 9.17. The molecule has 0 aromatic carbocycles. The highest BCUT2D eigenvalue weighted by atomic mass is 28.3. The monoisotopic (exact) mass is 228 g/mol. The average Bonchev–Trinajstić information content (AvgIpc) is 2.59. The highest BCUT2D eigenvalue weighted by molar-refractivity contribution is 6.76. The molecule has 0 aliphatic rings. The molecule has 1 unspecified atom stereocenters. The zero-order valence-electron chi connectivity index (χ0n) is 9.90. The summed E-state index contributed by atoms with van der Waals surface area (Å²) in [4.78, 5) is 4.11. The molecule has 1 heterocycles. The Morgan fingerprint density at radius 2 is 2.20 bits per heavy atom. The van der Waals surface area contributed by atoms with Crippen molar-refractivity contribution in [3.63, 3.8) is 0 Å². The molecule has 0 radical (unpaired) electrons. The van der Waals surface area contributed by atoms with Crippen LogP contribution in [0, 0.1) is 0 Å². The van der Waals surface area contributed by atoms with Crippen LogP contribution in [0.2, 0.25) is 19.6 Å². The van der Waals surface area contributed by atoms with Gasteiger partial charge in [-0.15, -0.1) is 0 Å². The number of aromatic nitrogens is 2. The van der Waals surface area contributed by atoms with E-state index in [1.54, 1.807) is 6.20 Å². The Balaban J connectivity index is 2.99. The predicted octanol–water partition coefficient (Wildman–Crippen LogP) is 1.79. The SMILES string of the molecule is CCOC(n1ccnc1CO)[Si](C)(C)C. The van der Waals surface area contributed by atoms with E-state index in [-0.39, 0.29) is 12.5 Å². The van der Waals surface area contributed by atoms with Gasteiger partial charge in [0, 0.05) is 19.0 Å². The molecule has 0 amide bonds. The van der Waals surface area contributed by atoms with E-state index in [0.29, 0.717) is 12.4 Å². The molecule has 4 nitrogen and oxygen atoms in total. The van der Waals surface area contributed by atoms with E-state index in [2.05, 4.69) is 24.6 Å². The molecule has 5 heteroatoms. The molecule has 0 aliphatic carbocycles. The second-order valence-corrected chi connectivity index (χ2v) is 9.81. The van der Waals surface area contributed by atoms with Crippen molar-refractivity contribution >= 4 is 8.07 Å². The van der Waals surface area contributed by atoms with Gasteiger partial charge in [-0.05, 0) is 6.92 Å². The van der Waals surface area contributed by atoms with Crippen molar-refractivity contribution in [1.82, 2.24) is 9.55 Å². The molecule has 1 rings (SSSR count). The number of hydrogen-bond donors (Lipinski definition) is 1. The van der Waals surface area contributed by atoms with E-state index in [1.165, 1.54) is 0 Å². The van der Waals surface area contributed by atoms with Gasteiger partial charge >= 0.3 is 0 Å². The minimum Gasteiger partial charge on any atom is -0.388 e. The van der Waals surface area contributed by atoms with Gasteiger partial charge in [0.05, 0.1) is 0 Å². The number of aliphatic hydroxyl groups is 1. The summed E-state index contributed by atoms with van der Waals surface area (Å²) in [5.41, 5.74) is 0. The maximum Gasteiger partial charge on any atom is 0.136 e. The van der Waals surface area contributed by atoms with Gasteiger partial charge < -0.3 is 14.4 Å². The second kappa shape index (κ2) is 4.91. The summed E-state index contributed by atoms with van der Waals surface area (Å²) in [5, 5.41) is 9.17. The van der Waals surface area contributed by atoms with Crippen LogP contribution in [0.5, 0.6) is 0 Å². The fourth-order valence-corrected chi connectivity index (χ4v) is 3.32. The van der Waals surface area contributed by atoms with Crippen molar-refractivity contribution in [3.8, 4) is 0 Å². The van der Waals surface area contributed by atoms with Gasteiger partial charge in [-0.2, -0.15) is 0 Å². The summed E-state index contributed by atoms with van der Waals surface area (Å²) in [6.07, 6.45) is 3.59. The van der Waals surface area contributed by atoms with Gasteiger partial charge in [0.15, 0.2) is 0 Å². The highest BCUT2D eigenvalue weighted by Gasteiger charge is 2.30. The lowest BCUT2D eigenvalue weighted by Crippen LogP contribution is -2.37. The standard InChI is InChI=1S/C10H20N2O2Si/c1-5-14-10(15(2,3)4)12-7-6-11-9(12)8-13/h6-7,10,13H,5,8H2,1-4H3. The highest BCUT2D eigenvalue weighted by Crippen LogP contribution is 2.23. The zero-order chi connectivity index (χ0) is 11.5. The third-order valence-electron chi connectivity index (χ3n) is 2.21. The summed E-state index contributed by atoms with van der Waals surface area (Å²) in [5.74, 6) is 0.725. The minimum atomic E-state index is -1.47. The van der Waals surface area contributed by atoms with Crippen LogP contribution in [-0.2, 0) is 11.3 Å². The minimum absolute atomic E-state index is 0.0406. The first-order valence-electron chi connectivity index (χ1n) is 5.25. The molecule has 1 aromatic heterocycles. The fourth-order valence-electron chi connectivity index (χ4n) is 1.59. The second-order valence-electron chi connectivity index (χ2n) is 4.58. The Labute approximate surface area is 91.9 Å². The van der Waals surface area contributed by atoms with Crippen molar-refractivity contribution < 1.29 is 9.84 Å². The summed E-state index contributed by atoms with van der Waals surface area (Å²) >= 11 is 0. The van der Waals surface area contributed by atoms with E-state index in [4.69, 9.17) is 9.84 Å². The molecule has 0 fully saturated rings. The first kappa shape index (κ1) is 12.4. The molecule has 0 bridgehead atoms. The number of hydrogen-bond acceptors (Lipinski definition) is 3. The van der Waals surface area contributed by atoms with E-state index >= 15 is 0 Å². The van der Waals surface area contributed by atoms with Gasteiger partial charge in [0.1, 0.15) is 26.4 Å². The number of aliphatic hydroxyl groups excluding tert-OH is 1. The number of ether oxygens (including phenoxy) is 1. The van der Waals surface area contributed by atoms with Crippen molar-refractivity contribution in [2.75, 3.05) is 6.61 Å². The predicted molar refractivity (Wildman–Crippen MR) is 62.2 cm³/mol. The Morgan fingerprint density at radius 3 is 2.67 bits per heavy atom. The quantitative estimate of drug-likeness (QED) is 0.782. The maximum atomic E-state index is 9.17. The van der Waals surface area contributed by atoms with Crippen LogP contribution >= 0.6 is 0 Å². The Bertz CT molecular complexity index is 307. The Kier molecular flexibility index (Phi) is 4.07. The van der Waals surface area contributed by atoms with E-state index in [1.807, 2.05) is 17.7 Å². The van der Waals surface area contributed by atoms with Crippen molar-refractivity contribution in [1.29, 1.82) is 0 Å². The van der Waals surface area contributed by atoms with E-state index in [9.17, 15) is 0 Å². The molecule has 1 N–H and O–H groups in total. The molecular formula is C10H20N2O2Si. The largest absolute Gasteiger partial charge is 0.388 e. The zero-order valence-corrected chi connectivity index (χ0v) is 10.9. The summed E-state index contributed by atoms with van der Waals surface area (Å²) in [6.45, 7) is 9.36. The third-order valence-corrected chi connectivity index (χ3v) is 4.13. The fraction of sp³-hybridized carbons (Fsp3) is 0.700. The summed E-state index contributed by atoms with van der Waals surface area (Å²) in [6, 6.07) is 0. The van der Waals surface area contributed by atoms with Gasteiger partial charge in [-0.25, -0.2) is 4.98 Å². The van der Waals surface area contributed by atoms with Crippen LogP contribution in [0.1, 0.15) is 18.6 Å². The van der Waals surface area contributed by atoms with Gasteiger partial charge in [-0.1, -0.05) is 19.6 Å². The molecular weight excluding hydrogens is 208 g/mol.